The van der Waals surface area contributed by atoms with E-state index in [1.165, 1.54) is 24.3 Å². The van der Waals surface area contributed by atoms with Crippen LogP contribution in [0.1, 0.15) is 23.7 Å². The van der Waals surface area contributed by atoms with Crippen LogP contribution in [0.25, 0.3) is 0 Å². The molecule has 0 bridgehead atoms. The molecule has 154 valence electrons. The summed E-state index contributed by atoms with van der Waals surface area (Å²) < 4.78 is 119. The number of carbonyl (C=O) groups excluding carboxylic acids is 1. The average Bonchev–Trinajstić information content (AvgIpc) is 2.54. The minimum absolute atomic E-state index is 0.0147. The van der Waals surface area contributed by atoms with Crippen molar-refractivity contribution >= 4 is 16.9 Å². The van der Waals surface area contributed by atoms with Gasteiger partial charge in [0.1, 0.15) is 5.75 Å². The van der Waals surface area contributed by atoms with Crippen molar-refractivity contribution in [2.45, 2.75) is 37.3 Å². The van der Waals surface area contributed by atoms with Gasteiger partial charge in [0.25, 0.3) is 0 Å². The summed E-state index contributed by atoms with van der Waals surface area (Å²) >= 11 is 0.0906. The van der Waals surface area contributed by atoms with E-state index in [-0.39, 0.29) is 17.3 Å². The quantitative estimate of drug-likeness (QED) is 0.489. The molecule has 0 aromatic heterocycles. The fraction of sp³-hybridized carbons (Fsp3) is 0.533. The third-order valence-corrected chi connectivity index (χ3v) is 4.17. The molecule has 0 N–H and O–H groups in total. The van der Waals surface area contributed by atoms with Crippen LogP contribution in [0.5, 0.6) is 5.75 Å². The predicted octanol–water partition coefficient (Wildman–Crippen LogP) is 5.82. The van der Waals surface area contributed by atoms with Crippen molar-refractivity contribution in [1.29, 1.82) is 0 Å². The predicted molar refractivity (Wildman–Crippen MR) is 79.9 cm³/mol. The van der Waals surface area contributed by atoms with E-state index >= 15 is 0 Å². The van der Waals surface area contributed by atoms with Gasteiger partial charge in [-0.25, -0.2) is 0 Å². The first-order valence-electron chi connectivity index (χ1n) is 7.27. The Bertz CT molecular complexity index is 642. The Kier molecular flexibility index (Phi) is 7.11. The fourth-order valence-electron chi connectivity index (χ4n) is 1.77. The number of benzene rings is 1. The van der Waals surface area contributed by atoms with E-state index < -0.39 is 41.2 Å². The second-order valence-corrected chi connectivity index (χ2v) is 6.26. The van der Waals surface area contributed by atoms with Crippen LogP contribution >= 0.6 is 11.8 Å². The molecule has 0 aliphatic rings. The molecule has 1 aromatic rings. The Hall–Kier alpha value is -1.59. The third kappa shape index (κ3) is 5.02. The second-order valence-electron chi connectivity index (χ2n) is 5.19. The molecule has 2 nitrogen and oxygen atoms in total. The Morgan fingerprint density at radius 3 is 1.89 bits per heavy atom. The monoisotopic (exact) mass is 428 g/mol. The summed E-state index contributed by atoms with van der Waals surface area (Å²) in [5.41, 5.74) is -0.0147. The lowest BCUT2D eigenvalue weighted by molar-refractivity contribution is -0.396. The molecule has 0 saturated heterocycles. The van der Waals surface area contributed by atoms with Gasteiger partial charge >= 0.3 is 23.9 Å². The summed E-state index contributed by atoms with van der Waals surface area (Å²) in [6.45, 7) is 2.04. The number of thioether (sulfide) groups is 1. The zero-order valence-electron chi connectivity index (χ0n) is 13.6. The molecule has 0 aliphatic heterocycles. The smallest absolute Gasteiger partial charge is 0.460 e. The Labute approximate surface area is 152 Å². The van der Waals surface area contributed by atoms with E-state index in [0.29, 0.717) is 12.4 Å². The zero-order valence-corrected chi connectivity index (χ0v) is 14.4. The van der Waals surface area contributed by atoms with E-state index in [9.17, 15) is 44.3 Å². The van der Waals surface area contributed by atoms with Gasteiger partial charge in [0.05, 0.1) is 6.61 Å². The highest BCUT2D eigenvalue weighted by atomic mass is 32.2. The van der Waals surface area contributed by atoms with E-state index in [4.69, 9.17) is 4.74 Å². The fourth-order valence-corrected chi connectivity index (χ4v) is 2.62. The van der Waals surface area contributed by atoms with Gasteiger partial charge < -0.3 is 4.74 Å². The van der Waals surface area contributed by atoms with Gasteiger partial charge in [-0.15, -0.1) is 0 Å². The van der Waals surface area contributed by atoms with Crippen molar-refractivity contribution in [1.82, 2.24) is 0 Å². The van der Waals surface area contributed by atoms with Gasteiger partial charge in [0, 0.05) is 17.7 Å². The molecule has 0 radical (unpaired) electrons. The maximum Gasteiger partial charge on any atom is 0.460 e. The van der Waals surface area contributed by atoms with Gasteiger partial charge in [0.2, 0.25) is 5.12 Å². The van der Waals surface area contributed by atoms with Crippen molar-refractivity contribution in [3.63, 3.8) is 0 Å². The topological polar surface area (TPSA) is 26.3 Å². The second kappa shape index (κ2) is 8.19. The maximum atomic E-state index is 13.3. The average molecular weight is 428 g/mol. The minimum atomic E-state index is -6.92. The van der Waals surface area contributed by atoms with Crippen LogP contribution in [-0.4, -0.2) is 41.4 Å². The number of halogens is 9. The summed E-state index contributed by atoms with van der Waals surface area (Å²) in [5.74, 6) is -20.0. The molecule has 1 rings (SSSR count). The van der Waals surface area contributed by atoms with E-state index in [2.05, 4.69) is 0 Å². The van der Waals surface area contributed by atoms with Crippen molar-refractivity contribution in [2.75, 3.05) is 12.4 Å². The lowest BCUT2D eigenvalue weighted by atomic mass is 10.0. The number of hydrogen-bond acceptors (Lipinski definition) is 3. The molecule has 0 unspecified atom stereocenters. The van der Waals surface area contributed by atoms with Gasteiger partial charge in [0.15, 0.2) is 0 Å². The van der Waals surface area contributed by atoms with Gasteiger partial charge in [-0.2, -0.15) is 39.5 Å². The lowest BCUT2D eigenvalue weighted by Crippen LogP contribution is -2.60. The van der Waals surface area contributed by atoms with Crippen LogP contribution < -0.4 is 4.74 Å². The molecule has 27 heavy (non-hydrogen) atoms. The summed E-state index contributed by atoms with van der Waals surface area (Å²) in [6, 6.07) is 5.27. The first-order valence-corrected chi connectivity index (χ1v) is 8.26. The molecule has 0 fully saturated rings. The summed E-state index contributed by atoms with van der Waals surface area (Å²) in [4.78, 5) is 11.8. The SMILES string of the molecule is CCOc1ccc(C(=O)SCCC(F)(F)C(F)(F)C(F)(F)C(F)(F)F)cc1. The van der Waals surface area contributed by atoms with Crippen LogP contribution in [-0.2, 0) is 0 Å². The first-order chi connectivity index (χ1) is 12.2. The van der Waals surface area contributed by atoms with Crippen LogP contribution in [0.4, 0.5) is 39.5 Å². The largest absolute Gasteiger partial charge is 0.494 e. The molecular weight excluding hydrogens is 415 g/mol. The lowest BCUT2D eigenvalue weighted by Gasteiger charge is -2.33. The van der Waals surface area contributed by atoms with E-state index in [1.807, 2.05) is 0 Å². The van der Waals surface area contributed by atoms with Gasteiger partial charge in [-0.1, -0.05) is 11.8 Å². The van der Waals surface area contributed by atoms with E-state index in [0.717, 1.165) is 0 Å². The standard InChI is InChI=1S/C15H13F9O2S/c1-2-26-10-5-3-9(4-6-10)11(25)27-8-7-12(16,17)13(18,19)14(20,21)15(22,23)24/h3-6H,2,7-8H2,1H3. The number of rotatable bonds is 8. The summed E-state index contributed by atoms with van der Waals surface area (Å²) in [5, 5.41) is -0.847. The van der Waals surface area contributed by atoms with Crippen molar-refractivity contribution < 1.29 is 49.0 Å². The highest BCUT2D eigenvalue weighted by Gasteiger charge is 2.81. The highest BCUT2D eigenvalue weighted by Crippen LogP contribution is 2.54. The van der Waals surface area contributed by atoms with Crippen molar-refractivity contribution in [2.24, 2.45) is 0 Å². The molecule has 0 heterocycles. The Morgan fingerprint density at radius 2 is 1.44 bits per heavy atom. The molecule has 0 aliphatic carbocycles. The van der Waals surface area contributed by atoms with Crippen molar-refractivity contribution in [3.8, 4) is 5.75 Å². The highest BCUT2D eigenvalue weighted by molar-refractivity contribution is 8.14. The molecular formula is C15H13F9O2S. The van der Waals surface area contributed by atoms with Crippen LogP contribution in [0, 0.1) is 0 Å². The van der Waals surface area contributed by atoms with Crippen LogP contribution in [0.2, 0.25) is 0 Å². The normalized spacial score (nSPS) is 13.6. The summed E-state index contributed by atoms with van der Waals surface area (Å²) in [7, 11) is 0. The molecule has 1 aromatic carbocycles. The number of ether oxygens (including phenoxy) is 1. The zero-order chi connectivity index (χ0) is 21.1. The Morgan fingerprint density at radius 1 is 0.926 bits per heavy atom. The molecule has 0 atom stereocenters. The van der Waals surface area contributed by atoms with E-state index in [1.54, 1.807) is 6.92 Å². The van der Waals surface area contributed by atoms with Crippen molar-refractivity contribution in [3.05, 3.63) is 29.8 Å². The maximum absolute atomic E-state index is 13.3. The van der Waals surface area contributed by atoms with Gasteiger partial charge in [-0.3, -0.25) is 4.79 Å². The minimum Gasteiger partial charge on any atom is -0.494 e. The molecule has 12 heteroatoms. The molecule has 0 amide bonds. The number of hydrogen-bond donors (Lipinski definition) is 0. The number of alkyl halides is 9. The molecule has 0 saturated carbocycles. The molecule has 0 spiro atoms. The van der Waals surface area contributed by atoms with Gasteiger partial charge in [-0.05, 0) is 31.2 Å². The van der Waals surface area contributed by atoms with Crippen LogP contribution in [0.3, 0.4) is 0 Å². The Balaban J connectivity index is 2.74. The third-order valence-electron chi connectivity index (χ3n) is 3.26. The summed E-state index contributed by atoms with van der Waals surface area (Å²) in [6.07, 6.45) is -8.91. The van der Waals surface area contributed by atoms with Crippen LogP contribution in [0.15, 0.2) is 24.3 Å². The number of carbonyl (C=O) groups is 1. The first kappa shape index (κ1) is 23.4.